The molecule has 22 heavy (non-hydrogen) atoms. The lowest BCUT2D eigenvalue weighted by Gasteiger charge is -2.09. The SMILES string of the molecule is COc1ccc([C@@H](N)c2nc(-c3ccc(C)cc3)n[nH]2)cc1. The monoisotopic (exact) mass is 294 g/mol. The molecule has 5 heteroatoms. The summed E-state index contributed by atoms with van der Waals surface area (Å²) in [6, 6.07) is 15.3. The zero-order chi connectivity index (χ0) is 15.5. The maximum absolute atomic E-state index is 6.25. The highest BCUT2D eigenvalue weighted by atomic mass is 16.5. The van der Waals surface area contributed by atoms with E-state index in [1.54, 1.807) is 7.11 Å². The summed E-state index contributed by atoms with van der Waals surface area (Å²) >= 11 is 0. The van der Waals surface area contributed by atoms with E-state index < -0.39 is 0 Å². The molecular formula is C17H18N4O. The van der Waals surface area contributed by atoms with Crippen molar-refractivity contribution >= 4 is 0 Å². The zero-order valence-electron chi connectivity index (χ0n) is 12.6. The molecule has 0 saturated heterocycles. The minimum Gasteiger partial charge on any atom is -0.497 e. The Kier molecular flexibility index (Phi) is 3.89. The molecule has 3 rings (SSSR count). The Hall–Kier alpha value is -2.66. The maximum atomic E-state index is 6.25. The smallest absolute Gasteiger partial charge is 0.181 e. The number of hydrogen-bond acceptors (Lipinski definition) is 4. The first-order valence-corrected chi connectivity index (χ1v) is 7.06. The summed E-state index contributed by atoms with van der Waals surface area (Å²) in [4.78, 5) is 4.51. The van der Waals surface area contributed by atoms with E-state index >= 15 is 0 Å². The number of nitrogens with zero attached hydrogens (tertiary/aromatic N) is 2. The number of ether oxygens (including phenoxy) is 1. The standard InChI is InChI=1S/C17H18N4O/c1-11-3-5-13(6-4-11)16-19-17(21-20-16)15(18)12-7-9-14(22-2)10-8-12/h3-10,15H,18H2,1-2H3,(H,19,20,21)/t15-/m1/s1. The molecule has 3 N–H and O–H groups in total. The van der Waals surface area contributed by atoms with Gasteiger partial charge in [-0.15, -0.1) is 0 Å². The van der Waals surface area contributed by atoms with Gasteiger partial charge in [-0.25, -0.2) is 4.98 Å². The first kappa shape index (κ1) is 14.3. The van der Waals surface area contributed by atoms with Gasteiger partial charge in [0.1, 0.15) is 11.6 Å². The number of aryl methyl sites for hydroxylation is 1. The van der Waals surface area contributed by atoms with Gasteiger partial charge in [0.05, 0.1) is 13.2 Å². The van der Waals surface area contributed by atoms with E-state index in [1.807, 2.05) is 55.5 Å². The average molecular weight is 294 g/mol. The average Bonchev–Trinajstić information content (AvgIpc) is 3.05. The summed E-state index contributed by atoms with van der Waals surface area (Å²) in [5.74, 6) is 2.09. The van der Waals surface area contributed by atoms with Crippen molar-refractivity contribution in [2.75, 3.05) is 7.11 Å². The summed E-state index contributed by atoms with van der Waals surface area (Å²) in [6.07, 6.45) is 0. The lowest BCUT2D eigenvalue weighted by molar-refractivity contribution is 0.414. The van der Waals surface area contributed by atoms with E-state index in [0.717, 1.165) is 16.9 Å². The normalized spacial score (nSPS) is 12.1. The molecular weight excluding hydrogens is 276 g/mol. The maximum Gasteiger partial charge on any atom is 0.181 e. The van der Waals surface area contributed by atoms with Crippen LogP contribution in [0.15, 0.2) is 48.5 Å². The third kappa shape index (κ3) is 2.84. The van der Waals surface area contributed by atoms with Crippen LogP contribution in [-0.4, -0.2) is 22.3 Å². The number of H-pyrrole nitrogens is 1. The highest BCUT2D eigenvalue weighted by Crippen LogP contribution is 2.22. The number of methoxy groups -OCH3 is 1. The van der Waals surface area contributed by atoms with Crippen molar-refractivity contribution in [1.82, 2.24) is 15.2 Å². The molecule has 0 spiro atoms. The molecule has 0 radical (unpaired) electrons. The van der Waals surface area contributed by atoms with Gasteiger partial charge in [0.15, 0.2) is 5.82 Å². The van der Waals surface area contributed by atoms with Gasteiger partial charge < -0.3 is 10.5 Å². The highest BCUT2D eigenvalue weighted by Gasteiger charge is 2.14. The predicted octanol–water partition coefficient (Wildman–Crippen LogP) is 2.84. The lowest BCUT2D eigenvalue weighted by Crippen LogP contribution is -2.13. The van der Waals surface area contributed by atoms with Gasteiger partial charge in [0.2, 0.25) is 0 Å². The Morgan fingerprint density at radius 2 is 1.73 bits per heavy atom. The Morgan fingerprint density at radius 3 is 2.36 bits per heavy atom. The fraction of sp³-hybridized carbons (Fsp3) is 0.176. The zero-order valence-corrected chi connectivity index (χ0v) is 12.6. The Bertz CT molecular complexity index is 747. The number of benzene rings is 2. The molecule has 0 aliphatic heterocycles. The second kappa shape index (κ2) is 5.99. The summed E-state index contributed by atoms with van der Waals surface area (Å²) < 4.78 is 5.15. The molecule has 2 aromatic carbocycles. The molecule has 0 amide bonds. The number of nitrogens with one attached hydrogen (secondary N) is 1. The Morgan fingerprint density at radius 1 is 1.05 bits per heavy atom. The van der Waals surface area contributed by atoms with Gasteiger partial charge in [0, 0.05) is 5.56 Å². The van der Waals surface area contributed by atoms with Crippen LogP contribution in [0.25, 0.3) is 11.4 Å². The van der Waals surface area contributed by atoms with Gasteiger partial charge in [-0.3, -0.25) is 5.10 Å². The molecule has 0 aliphatic rings. The van der Waals surface area contributed by atoms with Gasteiger partial charge in [-0.05, 0) is 24.6 Å². The molecule has 0 unspecified atom stereocenters. The van der Waals surface area contributed by atoms with E-state index in [9.17, 15) is 0 Å². The minimum absolute atomic E-state index is 0.349. The number of aromatic nitrogens is 3. The molecule has 0 aliphatic carbocycles. The molecule has 1 heterocycles. The van der Waals surface area contributed by atoms with Crippen molar-refractivity contribution in [3.05, 3.63) is 65.5 Å². The fourth-order valence-corrected chi connectivity index (χ4v) is 2.21. The van der Waals surface area contributed by atoms with Crippen molar-refractivity contribution in [2.45, 2.75) is 13.0 Å². The first-order chi connectivity index (χ1) is 10.7. The highest BCUT2D eigenvalue weighted by molar-refractivity contribution is 5.55. The third-order valence-electron chi connectivity index (χ3n) is 3.58. The topological polar surface area (TPSA) is 76.8 Å². The number of aromatic amines is 1. The van der Waals surface area contributed by atoms with Gasteiger partial charge in [-0.1, -0.05) is 42.0 Å². The molecule has 5 nitrogen and oxygen atoms in total. The molecule has 0 bridgehead atoms. The van der Waals surface area contributed by atoms with Gasteiger partial charge in [0.25, 0.3) is 0 Å². The third-order valence-corrected chi connectivity index (χ3v) is 3.58. The largest absolute Gasteiger partial charge is 0.497 e. The van der Waals surface area contributed by atoms with E-state index in [1.165, 1.54) is 5.56 Å². The van der Waals surface area contributed by atoms with Crippen LogP contribution in [-0.2, 0) is 0 Å². The van der Waals surface area contributed by atoms with Crippen LogP contribution >= 0.6 is 0 Å². The first-order valence-electron chi connectivity index (χ1n) is 7.06. The summed E-state index contributed by atoms with van der Waals surface area (Å²) in [6.45, 7) is 2.05. The van der Waals surface area contributed by atoms with Gasteiger partial charge in [-0.2, -0.15) is 5.10 Å². The van der Waals surface area contributed by atoms with E-state index in [4.69, 9.17) is 10.5 Å². The van der Waals surface area contributed by atoms with Crippen LogP contribution in [0.4, 0.5) is 0 Å². The second-order valence-electron chi connectivity index (χ2n) is 5.16. The Balaban J connectivity index is 1.84. The van der Waals surface area contributed by atoms with Crippen molar-refractivity contribution in [3.63, 3.8) is 0 Å². The van der Waals surface area contributed by atoms with Crippen LogP contribution in [0, 0.1) is 6.92 Å². The minimum atomic E-state index is -0.349. The van der Waals surface area contributed by atoms with Crippen LogP contribution in [0.3, 0.4) is 0 Å². The summed E-state index contributed by atoms with van der Waals surface area (Å²) in [5.41, 5.74) is 9.37. The molecule has 112 valence electrons. The van der Waals surface area contributed by atoms with Crippen LogP contribution in [0.2, 0.25) is 0 Å². The molecule has 0 saturated carbocycles. The van der Waals surface area contributed by atoms with Crippen molar-refractivity contribution in [3.8, 4) is 17.1 Å². The molecule has 1 atom stereocenters. The molecule has 3 aromatic rings. The van der Waals surface area contributed by atoms with Crippen LogP contribution < -0.4 is 10.5 Å². The van der Waals surface area contributed by atoms with E-state index in [0.29, 0.717) is 11.6 Å². The number of hydrogen-bond donors (Lipinski definition) is 2. The van der Waals surface area contributed by atoms with Crippen LogP contribution in [0.5, 0.6) is 5.75 Å². The van der Waals surface area contributed by atoms with Crippen molar-refractivity contribution in [1.29, 1.82) is 0 Å². The van der Waals surface area contributed by atoms with Crippen molar-refractivity contribution < 1.29 is 4.74 Å². The lowest BCUT2D eigenvalue weighted by atomic mass is 10.1. The predicted molar refractivity (Wildman–Crippen MR) is 85.6 cm³/mol. The van der Waals surface area contributed by atoms with Gasteiger partial charge >= 0.3 is 0 Å². The summed E-state index contributed by atoms with van der Waals surface area (Å²) in [5, 5.41) is 7.18. The fourth-order valence-electron chi connectivity index (χ4n) is 2.21. The quantitative estimate of drug-likeness (QED) is 0.775. The van der Waals surface area contributed by atoms with E-state index in [2.05, 4.69) is 15.2 Å². The molecule has 0 fully saturated rings. The van der Waals surface area contributed by atoms with E-state index in [-0.39, 0.29) is 6.04 Å². The Labute approximate surface area is 129 Å². The van der Waals surface area contributed by atoms with Crippen molar-refractivity contribution in [2.24, 2.45) is 5.73 Å². The number of nitrogens with two attached hydrogens (primary N) is 1. The number of rotatable bonds is 4. The van der Waals surface area contributed by atoms with Crippen LogP contribution in [0.1, 0.15) is 23.0 Å². The summed E-state index contributed by atoms with van der Waals surface area (Å²) in [7, 11) is 1.64. The second-order valence-corrected chi connectivity index (χ2v) is 5.16. The molecule has 1 aromatic heterocycles.